The first-order valence-electron chi connectivity index (χ1n) is 7.63. The number of nitrogens with one attached hydrogen (secondary N) is 1. The molecule has 0 saturated carbocycles. The van der Waals surface area contributed by atoms with Gasteiger partial charge in [-0.1, -0.05) is 41.7 Å². The number of carbonyl (C=O) groups is 2. The van der Waals surface area contributed by atoms with Crippen molar-refractivity contribution in [3.05, 3.63) is 65.3 Å². The second-order valence-corrected chi connectivity index (χ2v) is 5.97. The highest BCUT2D eigenvalue weighted by molar-refractivity contribution is 7.18. The van der Waals surface area contributed by atoms with E-state index in [0.29, 0.717) is 21.3 Å². The minimum atomic E-state index is -0.455. The minimum absolute atomic E-state index is 0.268. The Labute approximate surface area is 148 Å². The van der Waals surface area contributed by atoms with Crippen LogP contribution in [0.4, 0.5) is 5.13 Å². The summed E-state index contributed by atoms with van der Waals surface area (Å²) in [5.41, 5.74) is 1.74. The molecule has 3 rings (SSSR count). The Morgan fingerprint density at radius 1 is 1.12 bits per heavy atom. The van der Waals surface area contributed by atoms with Gasteiger partial charge in [0.1, 0.15) is 4.88 Å². The van der Waals surface area contributed by atoms with Crippen molar-refractivity contribution in [3.8, 4) is 11.3 Å². The summed E-state index contributed by atoms with van der Waals surface area (Å²) in [5.74, 6) is -0.769. The summed E-state index contributed by atoms with van der Waals surface area (Å²) in [4.78, 5) is 33.2. The van der Waals surface area contributed by atoms with Crippen LogP contribution in [0.3, 0.4) is 0 Å². The van der Waals surface area contributed by atoms with Gasteiger partial charge in [-0.05, 0) is 19.1 Å². The molecule has 0 aliphatic rings. The van der Waals surface area contributed by atoms with Gasteiger partial charge in [0, 0.05) is 23.5 Å². The Bertz CT molecular complexity index is 879. The molecule has 2 heterocycles. The first kappa shape index (κ1) is 16.8. The van der Waals surface area contributed by atoms with Crippen molar-refractivity contribution in [3.63, 3.8) is 0 Å². The molecule has 0 fully saturated rings. The normalized spacial score (nSPS) is 10.3. The van der Waals surface area contributed by atoms with Gasteiger partial charge in [-0.15, -0.1) is 0 Å². The van der Waals surface area contributed by atoms with E-state index in [0.717, 1.165) is 16.9 Å². The number of aromatic nitrogens is 2. The second-order valence-electron chi connectivity index (χ2n) is 4.97. The van der Waals surface area contributed by atoms with Gasteiger partial charge in [-0.3, -0.25) is 15.1 Å². The van der Waals surface area contributed by atoms with E-state index in [4.69, 9.17) is 4.74 Å². The molecule has 0 aliphatic heterocycles. The highest BCUT2D eigenvalue weighted by atomic mass is 32.1. The van der Waals surface area contributed by atoms with E-state index in [2.05, 4.69) is 15.3 Å². The average molecular weight is 353 g/mol. The zero-order chi connectivity index (χ0) is 17.6. The Morgan fingerprint density at radius 2 is 1.84 bits per heavy atom. The van der Waals surface area contributed by atoms with Crippen LogP contribution in [0.25, 0.3) is 11.3 Å². The largest absolute Gasteiger partial charge is 0.462 e. The number of hydrogen-bond donors (Lipinski definition) is 1. The van der Waals surface area contributed by atoms with Crippen molar-refractivity contribution in [2.75, 3.05) is 11.9 Å². The molecule has 0 atom stereocenters. The molecule has 2 aromatic heterocycles. The maximum atomic E-state index is 12.3. The zero-order valence-corrected chi connectivity index (χ0v) is 14.2. The Balaban J connectivity index is 1.93. The summed E-state index contributed by atoms with van der Waals surface area (Å²) in [7, 11) is 0. The lowest BCUT2D eigenvalue weighted by atomic mass is 10.1. The fraction of sp³-hybridized carbons (Fsp3) is 0.111. The Morgan fingerprint density at radius 3 is 2.52 bits per heavy atom. The van der Waals surface area contributed by atoms with Crippen molar-refractivity contribution >= 4 is 28.3 Å². The Kier molecular flexibility index (Phi) is 5.15. The minimum Gasteiger partial charge on any atom is -0.462 e. The van der Waals surface area contributed by atoms with Crippen LogP contribution < -0.4 is 5.32 Å². The maximum absolute atomic E-state index is 12.3. The summed E-state index contributed by atoms with van der Waals surface area (Å²) in [6.45, 7) is 2.01. The first-order chi connectivity index (χ1) is 12.2. The van der Waals surface area contributed by atoms with Crippen LogP contribution in [0.15, 0.2) is 54.9 Å². The van der Waals surface area contributed by atoms with Gasteiger partial charge in [0.15, 0.2) is 5.13 Å². The number of ether oxygens (including phenoxy) is 1. The first-order valence-corrected chi connectivity index (χ1v) is 8.45. The van der Waals surface area contributed by atoms with Crippen molar-refractivity contribution < 1.29 is 14.3 Å². The van der Waals surface area contributed by atoms with Crippen LogP contribution in [0.2, 0.25) is 0 Å². The number of amides is 1. The maximum Gasteiger partial charge on any atom is 0.350 e. The van der Waals surface area contributed by atoms with Crippen molar-refractivity contribution in [1.82, 2.24) is 9.97 Å². The molecule has 7 heteroatoms. The van der Waals surface area contributed by atoms with Gasteiger partial charge in [0.2, 0.25) is 0 Å². The van der Waals surface area contributed by atoms with Crippen molar-refractivity contribution in [2.45, 2.75) is 6.92 Å². The second kappa shape index (κ2) is 7.67. The van der Waals surface area contributed by atoms with Crippen LogP contribution in [0.1, 0.15) is 27.0 Å². The van der Waals surface area contributed by atoms with E-state index in [1.165, 1.54) is 12.4 Å². The number of nitrogens with zero attached hydrogens (tertiary/aromatic N) is 2. The smallest absolute Gasteiger partial charge is 0.350 e. The molecule has 0 aliphatic carbocycles. The molecule has 1 N–H and O–H groups in total. The number of anilines is 1. The van der Waals surface area contributed by atoms with E-state index >= 15 is 0 Å². The lowest BCUT2D eigenvalue weighted by Crippen LogP contribution is -2.11. The standard InChI is InChI=1S/C18H15N3O3S/c1-2-24-17(23)15-14(12-6-4-3-5-7-12)20-18(25-15)21-16(22)13-8-10-19-11-9-13/h3-11H,2H2,1H3,(H,20,21,22). The number of pyridine rings is 1. The zero-order valence-electron chi connectivity index (χ0n) is 13.4. The van der Waals surface area contributed by atoms with Gasteiger partial charge < -0.3 is 4.74 Å². The number of thiazole rings is 1. The SMILES string of the molecule is CCOC(=O)c1sc(NC(=O)c2ccncc2)nc1-c1ccccc1. The van der Waals surface area contributed by atoms with E-state index in [-0.39, 0.29) is 12.5 Å². The van der Waals surface area contributed by atoms with E-state index in [1.807, 2.05) is 30.3 Å². The number of esters is 1. The number of hydrogen-bond acceptors (Lipinski definition) is 6. The van der Waals surface area contributed by atoms with E-state index in [1.54, 1.807) is 19.1 Å². The number of rotatable bonds is 5. The molecule has 6 nitrogen and oxygen atoms in total. The molecule has 0 saturated heterocycles. The van der Waals surface area contributed by atoms with Crippen LogP contribution in [0, 0.1) is 0 Å². The van der Waals surface area contributed by atoms with Gasteiger partial charge in [0.25, 0.3) is 5.91 Å². The van der Waals surface area contributed by atoms with E-state index in [9.17, 15) is 9.59 Å². The third kappa shape index (κ3) is 3.89. The lowest BCUT2D eigenvalue weighted by molar-refractivity contribution is 0.0532. The molecular weight excluding hydrogens is 338 g/mol. The third-order valence-electron chi connectivity index (χ3n) is 3.30. The van der Waals surface area contributed by atoms with Gasteiger partial charge in [0.05, 0.1) is 12.3 Å². The predicted octanol–water partition coefficient (Wildman–Crippen LogP) is 3.63. The van der Waals surface area contributed by atoms with Crippen LogP contribution in [-0.2, 0) is 4.74 Å². The van der Waals surface area contributed by atoms with Gasteiger partial charge >= 0.3 is 5.97 Å². The lowest BCUT2D eigenvalue weighted by Gasteiger charge is -2.01. The summed E-state index contributed by atoms with van der Waals surface area (Å²) < 4.78 is 5.10. The molecule has 0 unspecified atom stereocenters. The predicted molar refractivity (Wildman–Crippen MR) is 95.7 cm³/mol. The molecule has 0 bridgehead atoms. The fourth-order valence-corrected chi connectivity index (χ4v) is 3.05. The summed E-state index contributed by atoms with van der Waals surface area (Å²) in [6, 6.07) is 12.5. The molecular formula is C18H15N3O3S. The quantitative estimate of drug-likeness (QED) is 0.708. The topological polar surface area (TPSA) is 81.2 Å². The molecule has 0 spiro atoms. The Hall–Kier alpha value is -3.06. The van der Waals surface area contributed by atoms with Gasteiger partial charge in [-0.25, -0.2) is 9.78 Å². The van der Waals surface area contributed by atoms with Crippen LogP contribution >= 0.6 is 11.3 Å². The molecule has 0 radical (unpaired) electrons. The molecule has 25 heavy (non-hydrogen) atoms. The summed E-state index contributed by atoms with van der Waals surface area (Å²) >= 11 is 1.09. The molecule has 1 aromatic carbocycles. The monoisotopic (exact) mass is 353 g/mol. The summed E-state index contributed by atoms with van der Waals surface area (Å²) in [6.07, 6.45) is 3.08. The highest BCUT2D eigenvalue weighted by Gasteiger charge is 2.21. The molecule has 3 aromatic rings. The number of carbonyl (C=O) groups excluding carboxylic acids is 2. The van der Waals surface area contributed by atoms with Crippen molar-refractivity contribution in [1.29, 1.82) is 0 Å². The van der Waals surface area contributed by atoms with Crippen LogP contribution in [0.5, 0.6) is 0 Å². The molecule has 1 amide bonds. The van der Waals surface area contributed by atoms with Crippen LogP contribution in [-0.4, -0.2) is 28.5 Å². The summed E-state index contributed by atoms with van der Waals surface area (Å²) in [5, 5.41) is 3.06. The third-order valence-corrected chi connectivity index (χ3v) is 4.25. The number of benzene rings is 1. The highest BCUT2D eigenvalue weighted by Crippen LogP contribution is 2.32. The fourth-order valence-electron chi connectivity index (χ4n) is 2.17. The van der Waals surface area contributed by atoms with E-state index < -0.39 is 5.97 Å². The molecule has 126 valence electrons. The van der Waals surface area contributed by atoms with Gasteiger partial charge in [-0.2, -0.15) is 0 Å². The average Bonchev–Trinajstić information content (AvgIpc) is 3.07. The van der Waals surface area contributed by atoms with Crippen molar-refractivity contribution in [2.24, 2.45) is 0 Å².